The van der Waals surface area contributed by atoms with Crippen LogP contribution in [0.1, 0.15) is 52.2 Å². The number of methoxy groups -OCH3 is 1. The van der Waals surface area contributed by atoms with Crippen molar-refractivity contribution in [3.05, 3.63) is 17.7 Å². The number of rotatable bonds is 5. The Bertz CT molecular complexity index is 339. The molecule has 2 N–H and O–H groups in total. The third-order valence-electron chi connectivity index (χ3n) is 2.59. The summed E-state index contributed by atoms with van der Waals surface area (Å²) < 4.78 is 5.44. The van der Waals surface area contributed by atoms with Gasteiger partial charge in [0.25, 0.3) is 0 Å². The zero-order chi connectivity index (χ0) is 13.1. The molecule has 1 atom stereocenters. The lowest BCUT2D eigenvalue weighted by atomic mass is 10.1. The van der Waals surface area contributed by atoms with Gasteiger partial charge in [0, 0.05) is 31.1 Å². The van der Waals surface area contributed by atoms with E-state index in [2.05, 4.69) is 49.9 Å². The first-order valence-corrected chi connectivity index (χ1v) is 6.15. The number of hydrogen-bond donors (Lipinski definition) is 2. The molecule has 4 heteroatoms. The van der Waals surface area contributed by atoms with Crippen molar-refractivity contribution in [2.45, 2.75) is 52.8 Å². The Kier molecular flexibility index (Phi) is 4.71. The highest BCUT2D eigenvalue weighted by atomic mass is 16.5. The third kappa shape index (κ3) is 4.48. The minimum Gasteiger partial charge on any atom is -0.373 e. The Labute approximate surface area is 104 Å². The SMILES string of the molecule is COC(c1ncc(CNC(C)(C)C)[nH]1)C(C)C. The van der Waals surface area contributed by atoms with Crippen molar-refractivity contribution >= 4 is 0 Å². The van der Waals surface area contributed by atoms with Gasteiger partial charge in [-0.1, -0.05) is 13.8 Å². The van der Waals surface area contributed by atoms with Crippen LogP contribution < -0.4 is 5.32 Å². The van der Waals surface area contributed by atoms with E-state index in [-0.39, 0.29) is 11.6 Å². The molecule has 0 amide bonds. The predicted molar refractivity (Wildman–Crippen MR) is 69.8 cm³/mol. The van der Waals surface area contributed by atoms with Gasteiger partial charge in [-0.2, -0.15) is 0 Å². The molecule has 0 saturated carbocycles. The standard InChI is InChI=1S/C13H25N3O/c1-9(2)11(17-6)12-14-7-10(16-12)8-15-13(3,4)5/h7,9,11,15H,8H2,1-6H3,(H,14,16). The number of hydrogen-bond acceptors (Lipinski definition) is 3. The molecule has 0 aliphatic rings. The van der Waals surface area contributed by atoms with E-state index < -0.39 is 0 Å². The average Bonchev–Trinajstić information content (AvgIpc) is 2.63. The zero-order valence-corrected chi connectivity index (χ0v) is 11.8. The molecule has 1 unspecified atom stereocenters. The molecule has 4 nitrogen and oxygen atoms in total. The van der Waals surface area contributed by atoms with E-state index in [0.29, 0.717) is 5.92 Å². The molecule has 0 bridgehead atoms. The van der Waals surface area contributed by atoms with E-state index in [4.69, 9.17) is 4.74 Å². The molecule has 0 aliphatic heterocycles. The van der Waals surface area contributed by atoms with Gasteiger partial charge in [0.2, 0.25) is 0 Å². The Morgan fingerprint density at radius 2 is 2.06 bits per heavy atom. The molecular weight excluding hydrogens is 214 g/mol. The van der Waals surface area contributed by atoms with E-state index in [0.717, 1.165) is 18.1 Å². The van der Waals surface area contributed by atoms with Crippen molar-refractivity contribution in [3.8, 4) is 0 Å². The van der Waals surface area contributed by atoms with Gasteiger partial charge in [-0.05, 0) is 26.7 Å². The lowest BCUT2D eigenvalue weighted by Gasteiger charge is -2.20. The first-order chi connectivity index (χ1) is 7.83. The van der Waals surface area contributed by atoms with Crippen LogP contribution in [-0.4, -0.2) is 22.6 Å². The average molecular weight is 239 g/mol. The van der Waals surface area contributed by atoms with Crippen molar-refractivity contribution in [2.75, 3.05) is 7.11 Å². The normalized spacial score (nSPS) is 14.3. The van der Waals surface area contributed by atoms with Crippen LogP contribution in [0.5, 0.6) is 0 Å². The van der Waals surface area contributed by atoms with Crippen molar-refractivity contribution in [1.82, 2.24) is 15.3 Å². The van der Waals surface area contributed by atoms with Crippen LogP contribution in [0.4, 0.5) is 0 Å². The van der Waals surface area contributed by atoms with E-state index >= 15 is 0 Å². The molecule has 1 rings (SSSR count). The third-order valence-corrected chi connectivity index (χ3v) is 2.59. The lowest BCUT2D eigenvalue weighted by molar-refractivity contribution is 0.0580. The number of aromatic amines is 1. The summed E-state index contributed by atoms with van der Waals surface area (Å²) in [6, 6.07) is 0. The van der Waals surface area contributed by atoms with Crippen LogP contribution in [0.3, 0.4) is 0 Å². The molecular formula is C13H25N3O. The highest BCUT2D eigenvalue weighted by Gasteiger charge is 2.18. The molecule has 0 saturated heterocycles. The molecule has 0 radical (unpaired) electrons. The first-order valence-electron chi connectivity index (χ1n) is 6.15. The second-order valence-electron chi connectivity index (χ2n) is 5.80. The van der Waals surface area contributed by atoms with Gasteiger partial charge in [-0.3, -0.25) is 0 Å². The van der Waals surface area contributed by atoms with Gasteiger partial charge < -0.3 is 15.0 Å². The number of nitrogens with zero attached hydrogens (tertiary/aromatic N) is 1. The Morgan fingerprint density at radius 1 is 1.41 bits per heavy atom. The molecule has 0 aliphatic carbocycles. The molecule has 0 fully saturated rings. The summed E-state index contributed by atoms with van der Waals surface area (Å²) in [5.41, 5.74) is 1.21. The van der Waals surface area contributed by atoms with Crippen LogP contribution in [0.2, 0.25) is 0 Å². The number of nitrogens with one attached hydrogen (secondary N) is 2. The molecule has 17 heavy (non-hydrogen) atoms. The fourth-order valence-electron chi connectivity index (χ4n) is 1.67. The minimum atomic E-state index is 0.0402. The van der Waals surface area contributed by atoms with E-state index in [1.54, 1.807) is 7.11 Å². The van der Waals surface area contributed by atoms with E-state index in [1.165, 1.54) is 0 Å². The summed E-state index contributed by atoms with van der Waals surface area (Å²) in [6.45, 7) is 11.5. The summed E-state index contributed by atoms with van der Waals surface area (Å²) in [6.07, 6.45) is 1.92. The fourth-order valence-corrected chi connectivity index (χ4v) is 1.67. The summed E-state index contributed by atoms with van der Waals surface area (Å²) in [5, 5.41) is 3.43. The van der Waals surface area contributed by atoms with Gasteiger partial charge in [-0.15, -0.1) is 0 Å². The van der Waals surface area contributed by atoms with Gasteiger partial charge >= 0.3 is 0 Å². The molecule has 1 aromatic heterocycles. The molecule has 1 heterocycles. The van der Waals surface area contributed by atoms with Crippen LogP contribution in [0, 0.1) is 5.92 Å². The summed E-state index contributed by atoms with van der Waals surface area (Å²) in [7, 11) is 1.72. The Balaban J connectivity index is 2.64. The quantitative estimate of drug-likeness (QED) is 0.830. The van der Waals surface area contributed by atoms with E-state index in [1.807, 2.05) is 6.20 Å². The van der Waals surface area contributed by atoms with Crippen molar-refractivity contribution in [3.63, 3.8) is 0 Å². The van der Waals surface area contributed by atoms with Gasteiger partial charge in [-0.25, -0.2) is 4.98 Å². The van der Waals surface area contributed by atoms with Crippen LogP contribution >= 0.6 is 0 Å². The monoisotopic (exact) mass is 239 g/mol. The second kappa shape index (κ2) is 5.65. The zero-order valence-electron chi connectivity index (χ0n) is 11.8. The maximum Gasteiger partial charge on any atom is 0.135 e. The highest BCUT2D eigenvalue weighted by Crippen LogP contribution is 2.22. The summed E-state index contributed by atoms with van der Waals surface area (Å²) in [4.78, 5) is 7.71. The van der Waals surface area contributed by atoms with E-state index in [9.17, 15) is 0 Å². The van der Waals surface area contributed by atoms with Crippen molar-refractivity contribution < 1.29 is 4.74 Å². The number of H-pyrrole nitrogens is 1. The predicted octanol–water partition coefficient (Wildman–Crippen LogP) is 2.64. The van der Waals surface area contributed by atoms with Crippen LogP contribution in [-0.2, 0) is 11.3 Å². The number of imidazole rings is 1. The molecule has 98 valence electrons. The largest absolute Gasteiger partial charge is 0.373 e. The van der Waals surface area contributed by atoms with Crippen LogP contribution in [0.25, 0.3) is 0 Å². The molecule has 1 aromatic rings. The number of aromatic nitrogens is 2. The van der Waals surface area contributed by atoms with Crippen molar-refractivity contribution in [2.24, 2.45) is 5.92 Å². The lowest BCUT2D eigenvalue weighted by Crippen LogP contribution is -2.35. The Morgan fingerprint density at radius 3 is 2.53 bits per heavy atom. The smallest absolute Gasteiger partial charge is 0.135 e. The van der Waals surface area contributed by atoms with Crippen molar-refractivity contribution in [1.29, 1.82) is 0 Å². The molecule has 0 spiro atoms. The summed E-state index contributed by atoms with van der Waals surface area (Å²) in [5.74, 6) is 1.32. The highest BCUT2D eigenvalue weighted by molar-refractivity contribution is 5.04. The van der Waals surface area contributed by atoms with Gasteiger partial charge in [0.05, 0.1) is 0 Å². The second-order valence-corrected chi connectivity index (χ2v) is 5.80. The fraction of sp³-hybridized carbons (Fsp3) is 0.769. The molecule has 0 aromatic carbocycles. The number of ether oxygens (including phenoxy) is 1. The summed E-state index contributed by atoms with van der Waals surface area (Å²) >= 11 is 0. The van der Waals surface area contributed by atoms with Gasteiger partial charge in [0.15, 0.2) is 0 Å². The minimum absolute atomic E-state index is 0.0402. The van der Waals surface area contributed by atoms with Crippen LogP contribution in [0.15, 0.2) is 6.20 Å². The van der Waals surface area contributed by atoms with Gasteiger partial charge in [0.1, 0.15) is 11.9 Å². The maximum absolute atomic E-state index is 5.44. The maximum atomic E-state index is 5.44. The first kappa shape index (κ1) is 14.2. The Hall–Kier alpha value is -0.870. The topological polar surface area (TPSA) is 49.9 Å².